The van der Waals surface area contributed by atoms with E-state index in [1.165, 1.54) is 0 Å². The lowest BCUT2D eigenvalue weighted by Gasteiger charge is -2.28. The minimum Gasteiger partial charge on any atom is -0.309 e. The number of piperidine rings is 1. The van der Waals surface area contributed by atoms with Gasteiger partial charge in [-0.1, -0.05) is 6.07 Å². The molecule has 1 saturated heterocycles. The summed E-state index contributed by atoms with van der Waals surface area (Å²) < 4.78 is 0. The Hall–Kier alpha value is -2.01. The van der Waals surface area contributed by atoms with E-state index in [0.717, 1.165) is 43.0 Å². The number of pyridine rings is 1. The van der Waals surface area contributed by atoms with Gasteiger partial charge in [-0.2, -0.15) is 0 Å². The highest BCUT2D eigenvalue weighted by Gasteiger charge is 2.19. The molecule has 1 N–H and O–H groups in total. The van der Waals surface area contributed by atoms with Gasteiger partial charge >= 0.3 is 0 Å². The monoisotopic (exact) mass is 283 g/mol. The largest absolute Gasteiger partial charge is 0.309 e. The molecular weight excluding hydrogens is 262 g/mol. The van der Waals surface area contributed by atoms with Crippen LogP contribution in [0.25, 0.3) is 0 Å². The van der Waals surface area contributed by atoms with E-state index in [2.05, 4.69) is 32.2 Å². The van der Waals surface area contributed by atoms with Crippen molar-refractivity contribution in [2.75, 3.05) is 25.5 Å². The molecule has 0 spiro atoms. The van der Waals surface area contributed by atoms with Gasteiger partial charge in [0.25, 0.3) is 0 Å². The Morgan fingerprint density at radius 3 is 2.71 bits per heavy atom. The van der Waals surface area contributed by atoms with Crippen molar-refractivity contribution < 1.29 is 0 Å². The SMILES string of the molecule is Cc1cccnc1Nc1nccc(C2CCN(C)CC2)n1. The van der Waals surface area contributed by atoms with Crippen LogP contribution < -0.4 is 5.32 Å². The van der Waals surface area contributed by atoms with E-state index in [9.17, 15) is 0 Å². The Bertz CT molecular complexity index is 605. The number of hydrogen-bond donors (Lipinski definition) is 1. The smallest absolute Gasteiger partial charge is 0.228 e. The summed E-state index contributed by atoms with van der Waals surface area (Å²) in [4.78, 5) is 15.7. The van der Waals surface area contributed by atoms with E-state index in [-0.39, 0.29) is 0 Å². The number of aromatic nitrogens is 3. The highest BCUT2D eigenvalue weighted by Crippen LogP contribution is 2.26. The van der Waals surface area contributed by atoms with Crippen LogP contribution in [0.15, 0.2) is 30.6 Å². The van der Waals surface area contributed by atoms with Gasteiger partial charge < -0.3 is 10.2 Å². The van der Waals surface area contributed by atoms with Crippen molar-refractivity contribution in [1.29, 1.82) is 0 Å². The first kappa shape index (κ1) is 13.9. The second-order valence-electron chi connectivity index (χ2n) is 5.68. The van der Waals surface area contributed by atoms with Crippen LogP contribution in [-0.4, -0.2) is 40.0 Å². The van der Waals surface area contributed by atoms with Crippen molar-refractivity contribution in [2.24, 2.45) is 0 Å². The molecule has 0 aliphatic carbocycles. The molecule has 5 nitrogen and oxygen atoms in total. The van der Waals surface area contributed by atoms with Crippen molar-refractivity contribution in [2.45, 2.75) is 25.7 Å². The molecule has 110 valence electrons. The van der Waals surface area contributed by atoms with Gasteiger partial charge in [-0.15, -0.1) is 0 Å². The summed E-state index contributed by atoms with van der Waals surface area (Å²) in [6.07, 6.45) is 5.93. The zero-order valence-corrected chi connectivity index (χ0v) is 12.6. The zero-order chi connectivity index (χ0) is 14.7. The van der Waals surface area contributed by atoms with Gasteiger partial charge in [0, 0.05) is 24.0 Å². The maximum Gasteiger partial charge on any atom is 0.228 e. The Labute approximate surface area is 125 Å². The number of aryl methyl sites for hydroxylation is 1. The molecule has 1 aliphatic rings. The van der Waals surface area contributed by atoms with Gasteiger partial charge in [-0.05, 0) is 57.6 Å². The lowest BCUT2D eigenvalue weighted by atomic mass is 9.94. The molecular formula is C16H21N5. The molecule has 0 aromatic carbocycles. The molecule has 3 rings (SSSR count). The number of rotatable bonds is 3. The molecule has 0 atom stereocenters. The van der Waals surface area contributed by atoms with Crippen LogP contribution in [-0.2, 0) is 0 Å². The summed E-state index contributed by atoms with van der Waals surface area (Å²) in [5.74, 6) is 1.99. The third kappa shape index (κ3) is 3.36. The Morgan fingerprint density at radius 1 is 1.14 bits per heavy atom. The van der Waals surface area contributed by atoms with Gasteiger partial charge in [-0.3, -0.25) is 0 Å². The molecule has 2 aromatic heterocycles. The van der Waals surface area contributed by atoms with Crippen molar-refractivity contribution >= 4 is 11.8 Å². The number of nitrogens with one attached hydrogen (secondary N) is 1. The average Bonchev–Trinajstić information content (AvgIpc) is 2.51. The summed E-state index contributed by atoms with van der Waals surface area (Å²) in [5, 5.41) is 3.22. The predicted octanol–water partition coefficient (Wildman–Crippen LogP) is 2.73. The van der Waals surface area contributed by atoms with Crippen molar-refractivity contribution in [3.05, 3.63) is 41.9 Å². The fraction of sp³-hybridized carbons (Fsp3) is 0.438. The van der Waals surface area contributed by atoms with Gasteiger partial charge in [0.2, 0.25) is 5.95 Å². The minimum absolute atomic E-state index is 0.537. The van der Waals surface area contributed by atoms with Crippen LogP contribution in [0.3, 0.4) is 0 Å². The van der Waals surface area contributed by atoms with E-state index in [4.69, 9.17) is 0 Å². The van der Waals surface area contributed by atoms with Crippen LogP contribution in [0.5, 0.6) is 0 Å². The third-order valence-corrected chi connectivity index (χ3v) is 4.05. The number of nitrogens with zero attached hydrogens (tertiary/aromatic N) is 4. The lowest BCUT2D eigenvalue weighted by molar-refractivity contribution is 0.253. The van der Waals surface area contributed by atoms with Gasteiger partial charge in [0.05, 0.1) is 0 Å². The van der Waals surface area contributed by atoms with Gasteiger partial charge in [0.1, 0.15) is 5.82 Å². The topological polar surface area (TPSA) is 53.9 Å². The number of anilines is 2. The molecule has 0 bridgehead atoms. The standard InChI is InChI=1S/C16H21N5/c1-12-4-3-8-17-15(12)20-16-18-9-5-14(19-16)13-6-10-21(2)11-7-13/h3-5,8-9,13H,6-7,10-11H2,1-2H3,(H,17,18,19,20). The molecule has 2 aromatic rings. The summed E-state index contributed by atoms with van der Waals surface area (Å²) in [6.45, 7) is 4.30. The second kappa shape index (κ2) is 6.18. The second-order valence-corrected chi connectivity index (χ2v) is 5.68. The normalized spacial score (nSPS) is 16.9. The summed E-state index contributed by atoms with van der Waals surface area (Å²) in [7, 11) is 2.17. The molecule has 1 fully saturated rings. The van der Waals surface area contributed by atoms with E-state index in [1.807, 2.05) is 31.3 Å². The van der Waals surface area contributed by atoms with E-state index < -0.39 is 0 Å². The zero-order valence-electron chi connectivity index (χ0n) is 12.6. The Morgan fingerprint density at radius 2 is 1.95 bits per heavy atom. The first-order valence-corrected chi connectivity index (χ1v) is 7.42. The quantitative estimate of drug-likeness (QED) is 0.938. The first-order valence-electron chi connectivity index (χ1n) is 7.42. The summed E-state index contributed by atoms with van der Waals surface area (Å²) in [5.41, 5.74) is 2.22. The Balaban J connectivity index is 1.76. The first-order chi connectivity index (χ1) is 10.2. The molecule has 5 heteroatoms. The van der Waals surface area contributed by atoms with Crippen LogP contribution in [0.1, 0.15) is 30.0 Å². The van der Waals surface area contributed by atoms with Crippen LogP contribution in [0.2, 0.25) is 0 Å². The van der Waals surface area contributed by atoms with Gasteiger partial charge in [0.15, 0.2) is 0 Å². The highest BCUT2D eigenvalue weighted by molar-refractivity contribution is 5.52. The van der Waals surface area contributed by atoms with E-state index in [0.29, 0.717) is 11.9 Å². The third-order valence-electron chi connectivity index (χ3n) is 4.05. The molecule has 0 amide bonds. The maximum atomic E-state index is 4.68. The fourth-order valence-corrected chi connectivity index (χ4v) is 2.69. The highest BCUT2D eigenvalue weighted by atomic mass is 15.1. The maximum absolute atomic E-state index is 4.68. The summed E-state index contributed by atoms with van der Waals surface area (Å²) >= 11 is 0. The van der Waals surface area contributed by atoms with Crippen molar-refractivity contribution in [3.63, 3.8) is 0 Å². The molecule has 0 saturated carbocycles. The van der Waals surface area contributed by atoms with Gasteiger partial charge in [-0.25, -0.2) is 15.0 Å². The van der Waals surface area contributed by atoms with Crippen molar-refractivity contribution in [1.82, 2.24) is 19.9 Å². The fourth-order valence-electron chi connectivity index (χ4n) is 2.69. The summed E-state index contributed by atoms with van der Waals surface area (Å²) in [6, 6.07) is 5.99. The molecule has 3 heterocycles. The van der Waals surface area contributed by atoms with Crippen molar-refractivity contribution in [3.8, 4) is 0 Å². The molecule has 0 radical (unpaired) electrons. The van der Waals surface area contributed by atoms with Crippen LogP contribution in [0.4, 0.5) is 11.8 Å². The average molecular weight is 283 g/mol. The predicted molar refractivity (Wildman–Crippen MR) is 83.8 cm³/mol. The minimum atomic E-state index is 0.537. The molecule has 1 aliphatic heterocycles. The lowest BCUT2D eigenvalue weighted by Crippen LogP contribution is -2.29. The Kier molecular flexibility index (Phi) is 4.10. The number of likely N-dealkylation sites (tertiary alicyclic amines) is 1. The van der Waals surface area contributed by atoms with E-state index in [1.54, 1.807) is 6.20 Å². The molecule has 0 unspecified atom stereocenters. The van der Waals surface area contributed by atoms with Crippen LogP contribution in [0, 0.1) is 6.92 Å². The molecule has 21 heavy (non-hydrogen) atoms. The van der Waals surface area contributed by atoms with Crippen LogP contribution >= 0.6 is 0 Å². The number of hydrogen-bond acceptors (Lipinski definition) is 5. The van der Waals surface area contributed by atoms with E-state index >= 15 is 0 Å².